The van der Waals surface area contributed by atoms with Crippen LogP contribution in [-0.4, -0.2) is 70.2 Å². The molecule has 0 spiro atoms. The van der Waals surface area contributed by atoms with Crippen molar-refractivity contribution in [2.75, 3.05) is 12.3 Å². The Balaban J connectivity index is 1.82. The molecule has 0 amide bonds. The maximum absolute atomic E-state index is 10.2. The second-order valence-electron chi connectivity index (χ2n) is 5.58. The van der Waals surface area contributed by atoms with E-state index in [1.165, 1.54) is 4.68 Å². The molecule has 0 radical (unpaired) electrons. The fourth-order valence-corrected chi connectivity index (χ4v) is 2.71. The summed E-state index contributed by atoms with van der Waals surface area (Å²) < 4.78 is 6.68. The van der Waals surface area contributed by atoms with E-state index in [9.17, 15) is 15.3 Å². The van der Waals surface area contributed by atoms with Gasteiger partial charge in [-0.15, -0.1) is 5.10 Å². The molecule has 1 saturated heterocycles. The third kappa shape index (κ3) is 2.49. The number of hydrogen-bond acceptors (Lipinski definition) is 10. The van der Waals surface area contributed by atoms with Crippen LogP contribution in [0.3, 0.4) is 0 Å². The van der Waals surface area contributed by atoms with Gasteiger partial charge in [0.1, 0.15) is 24.0 Å². The van der Waals surface area contributed by atoms with Gasteiger partial charge in [0.15, 0.2) is 29.0 Å². The molecular formula is C14H15N7O4. The average Bonchev–Trinajstić information content (AvgIpc) is 3.18. The maximum atomic E-state index is 10.2. The summed E-state index contributed by atoms with van der Waals surface area (Å²) in [5.41, 5.74) is 6.90. The number of hydrogen-bond donors (Lipinski definition) is 4. The molecule has 4 atom stereocenters. The highest BCUT2D eigenvalue weighted by Gasteiger charge is 2.44. The van der Waals surface area contributed by atoms with Crippen LogP contribution in [0.4, 0.5) is 5.82 Å². The Morgan fingerprint density at radius 3 is 2.72 bits per heavy atom. The van der Waals surface area contributed by atoms with Gasteiger partial charge in [-0.25, -0.2) is 9.97 Å². The molecular weight excluding hydrogens is 330 g/mol. The Labute approximate surface area is 140 Å². The lowest BCUT2D eigenvalue weighted by Gasteiger charge is -2.14. The Kier molecular flexibility index (Phi) is 3.77. The highest BCUT2D eigenvalue weighted by atomic mass is 16.6. The maximum Gasteiger partial charge on any atom is 0.187 e. The highest BCUT2D eigenvalue weighted by Crippen LogP contribution is 2.31. The van der Waals surface area contributed by atoms with Crippen molar-refractivity contribution in [3.05, 3.63) is 24.4 Å². The summed E-state index contributed by atoms with van der Waals surface area (Å²) in [5, 5.41) is 37.2. The van der Waals surface area contributed by atoms with Gasteiger partial charge >= 0.3 is 0 Å². The van der Waals surface area contributed by atoms with Gasteiger partial charge in [0.25, 0.3) is 0 Å². The van der Waals surface area contributed by atoms with Gasteiger partial charge in [-0.05, 0) is 12.1 Å². The van der Waals surface area contributed by atoms with Crippen molar-refractivity contribution < 1.29 is 20.1 Å². The third-order valence-electron chi connectivity index (χ3n) is 4.00. The number of nitrogens with zero attached hydrogens (tertiary/aromatic N) is 6. The van der Waals surface area contributed by atoms with Gasteiger partial charge in [0.05, 0.1) is 6.61 Å². The summed E-state index contributed by atoms with van der Waals surface area (Å²) in [6.45, 7) is -0.447. The molecule has 0 saturated carbocycles. The predicted octanol–water partition coefficient (Wildman–Crippen LogP) is -1.52. The summed E-state index contributed by atoms with van der Waals surface area (Å²) in [6.07, 6.45) is -2.97. The van der Waals surface area contributed by atoms with Gasteiger partial charge in [-0.3, -0.25) is 4.98 Å². The van der Waals surface area contributed by atoms with Crippen molar-refractivity contribution in [1.82, 2.24) is 29.9 Å². The smallest absolute Gasteiger partial charge is 0.187 e. The molecule has 3 aromatic rings. The van der Waals surface area contributed by atoms with Gasteiger partial charge in [-0.1, -0.05) is 11.3 Å². The zero-order chi connectivity index (χ0) is 17.6. The van der Waals surface area contributed by atoms with E-state index >= 15 is 0 Å². The van der Waals surface area contributed by atoms with E-state index < -0.39 is 31.1 Å². The molecule has 11 heteroatoms. The zero-order valence-electron chi connectivity index (χ0n) is 12.8. The lowest BCUT2D eigenvalue weighted by atomic mass is 10.1. The van der Waals surface area contributed by atoms with Crippen LogP contribution in [0.25, 0.3) is 22.7 Å². The fraction of sp³-hybridized carbons (Fsp3) is 0.357. The van der Waals surface area contributed by atoms with Gasteiger partial charge in [0, 0.05) is 6.20 Å². The molecule has 25 heavy (non-hydrogen) atoms. The number of pyridine rings is 1. The largest absolute Gasteiger partial charge is 0.394 e. The number of aliphatic hydroxyl groups is 3. The van der Waals surface area contributed by atoms with E-state index in [1.54, 1.807) is 24.4 Å². The fourth-order valence-electron chi connectivity index (χ4n) is 2.71. The summed E-state index contributed by atoms with van der Waals surface area (Å²) in [5.74, 6) is 0.365. The molecule has 1 aliphatic heterocycles. The van der Waals surface area contributed by atoms with Crippen molar-refractivity contribution >= 4 is 17.0 Å². The first-order chi connectivity index (χ1) is 12.1. The second kappa shape index (κ2) is 5.97. The van der Waals surface area contributed by atoms with Crippen LogP contribution in [0.5, 0.6) is 0 Å². The van der Waals surface area contributed by atoms with E-state index in [-0.39, 0.29) is 22.8 Å². The number of nitrogen functional groups attached to an aromatic ring is 1. The Morgan fingerprint density at radius 2 is 2.04 bits per heavy atom. The van der Waals surface area contributed by atoms with Crippen LogP contribution in [0, 0.1) is 0 Å². The van der Waals surface area contributed by atoms with E-state index in [1.807, 2.05) is 0 Å². The summed E-state index contributed by atoms with van der Waals surface area (Å²) >= 11 is 0. The first kappa shape index (κ1) is 15.8. The van der Waals surface area contributed by atoms with Crippen molar-refractivity contribution in [3.63, 3.8) is 0 Å². The van der Waals surface area contributed by atoms with Crippen LogP contribution in [0.1, 0.15) is 6.23 Å². The molecule has 11 nitrogen and oxygen atoms in total. The quantitative estimate of drug-likeness (QED) is 0.438. The first-order valence-corrected chi connectivity index (χ1v) is 7.52. The van der Waals surface area contributed by atoms with Crippen molar-refractivity contribution in [3.8, 4) is 11.5 Å². The Bertz CT molecular complexity index is 903. The topological polar surface area (TPSA) is 165 Å². The van der Waals surface area contributed by atoms with Crippen LogP contribution in [0.2, 0.25) is 0 Å². The normalized spacial score (nSPS) is 26.4. The molecule has 0 bridgehead atoms. The summed E-state index contributed by atoms with van der Waals surface area (Å²) in [4.78, 5) is 12.7. The van der Waals surface area contributed by atoms with Crippen LogP contribution in [0.15, 0.2) is 24.4 Å². The average molecular weight is 345 g/mol. The minimum absolute atomic E-state index is 0.101. The lowest BCUT2D eigenvalue weighted by Crippen LogP contribution is -2.33. The molecule has 4 rings (SSSR count). The van der Waals surface area contributed by atoms with Crippen molar-refractivity contribution in [1.29, 1.82) is 0 Å². The first-order valence-electron chi connectivity index (χ1n) is 7.52. The minimum Gasteiger partial charge on any atom is -0.394 e. The molecule has 130 valence electrons. The molecule has 0 unspecified atom stereocenters. The SMILES string of the molecule is Nc1nc(-c2ccccn2)nc2c1nnn2[C@@H]1O[C@H](CO)[C@@H](O)[C@H]1O. The van der Waals surface area contributed by atoms with E-state index in [0.29, 0.717) is 5.69 Å². The predicted molar refractivity (Wildman–Crippen MR) is 83.8 cm³/mol. The number of fused-ring (bicyclic) bond motifs is 1. The molecule has 0 aliphatic carbocycles. The number of aliphatic hydroxyl groups excluding tert-OH is 3. The number of aromatic nitrogens is 6. The number of anilines is 1. The van der Waals surface area contributed by atoms with Crippen LogP contribution < -0.4 is 5.73 Å². The second-order valence-corrected chi connectivity index (χ2v) is 5.58. The number of rotatable bonds is 3. The third-order valence-corrected chi connectivity index (χ3v) is 4.00. The monoisotopic (exact) mass is 345 g/mol. The van der Waals surface area contributed by atoms with Crippen molar-refractivity contribution in [2.24, 2.45) is 0 Å². The molecule has 0 aromatic carbocycles. The Hall–Kier alpha value is -2.73. The van der Waals surface area contributed by atoms with Crippen molar-refractivity contribution in [2.45, 2.75) is 24.5 Å². The molecule has 1 aliphatic rings. The van der Waals surface area contributed by atoms with Crippen LogP contribution in [-0.2, 0) is 4.74 Å². The van der Waals surface area contributed by atoms with Gasteiger partial charge in [0.2, 0.25) is 0 Å². The molecule has 3 aromatic heterocycles. The lowest BCUT2D eigenvalue weighted by molar-refractivity contribution is -0.0574. The summed E-state index contributed by atoms with van der Waals surface area (Å²) in [7, 11) is 0. The molecule has 4 heterocycles. The standard InChI is InChI=1S/C14H15N7O4/c15-11-8-13(18-12(17-11)6-3-1-2-4-16-6)21(20-19-8)14-10(24)9(23)7(5-22)25-14/h1-4,7,9-10,14,22-24H,5H2,(H2,15,17,18)/t7-,9-,10-,14-/m1/s1. The van der Waals surface area contributed by atoms with Gasteiger partial charge in [-0.2, -0.15) is 4.68 Å². The van der Waals surface area contributed by atoms with Crippen LogP contribution >= 0.6 is 0 Å². The zero-order valence-corrected chi connectivity index (χ0v) is 12.8. The minimum atomic E-state index is -1.31. The number of ether oxygens (including phenoxy) is 1. The summed E-state index contributed by atoms with van der Waals surface area (Å²) in [6, 6.07) is 5.27. The van der Waals surface area contributed by atoms with E-state index in [0.717, 1.165) is 0 Å². The van der Waals surface area contributed by atoms with E-state index in [2.05, 4.69) is 25.3 Å². The van der Waals surface area contributed by atoms with Gasteiger partial charge < -0.3 is 25.8 Å². The molecule has 5 N–H and O–H groups in total. The van der Waals surface area contributed by atoms with E-state index in [4.69, 9.17) is 10.5 Å². The highest BCUT2D eigenvalue weighted by molar-refractivity contribution is 5.82. The Morgan fingerprint density at radius 1 is 1.20 bits per heavy atom. The molecule has 1 fully saturated rings. The number of nitrogens with two attached hydrogens (primary N) is 1.